The maximum Gasteiger partial charge on any atom is 0.339 e. The van der Waals surface area contributed by atoms with Gasteiger partial charge < -0.3 is 10.9 Å². The zero-order valence-corrected chi connectivity index (χ0v) is 7.86. The first-order chi connectivity index (χ1) is 5.70. The van der Waals surface area contributed by atoms with E-state index in [-0.39, 0.29) is 18.2 Å². The first kappa shape index (κ1) is 11.6. The lowest BCUT2D eigenvalue weighted by molar-refractivity contribution is 0.0377. The van der Waals surface area contributed by atoms with Gasteiger partial charge in [0.1, 0.15) is 0 Å². The molecule has 0 aliphatic rings. The Kier molecular flexibility index (Phi) is 4.69. The predicted molar refractivity (Wildman–Crippen MR) is 49.8 cm³/mol. The zero-order valence-electron chi connectivity index (χ0n) is 7.86. The molecule has 0 aliphatic carbocycles. The van der Waals surface area contributed by atoms with Crippen LogP contribution in [0.25, 0.3) is 0 Å². The lowest BCUT2D eigenvalue weighted by Crippen LogP contribution is -2.11. The Labute approximate surface area is 77.5 Å². The SMILES string of the molecule is CC(C)OC(=O)c1cccnc1.N. The van der Waals surface area contributed by atoms with Crippen molar-refractivity contribution in [3.63, 3.8) is 0 Å². The van der Waals surface area contributed by atoms with Gasteiger partial charge in [-0.2, -0.15) is 0 Å². The summed E-state index contributed by atoms with van der Waals surface area (Å²) in [5.41, 5.74) is 0.492. The van der Waals surface area contributed by atoms with Crippen LogP contribution in [-0.4, -0.2) is 17.1 Å². The van der Waals surface area contributed by atoms with Crippen LogP contribution in [0.1, 0.15) is 24.2 Å². The maximum absolute atomic E-state index is 11.2. The van der Waals surface area contributed by atoms with Gasteiger partial charge >= 0.3 is 5.97 Å². The summed E-state index contributed by atoms with van der Waals surface area (Å²) in [5, 5.41) is 0. The van der Waals surface area contributed by atoms with Crippen LogP contribution in [0.2, 0.25) is 0 Å². The lowest BCUT2D eigenvalue weighted by atomic mass is 10.3. The molecule has 1 heterocycles. The van der Waals surface area contributed by atoms with Crippen LogP contribution in [-0.2, 0) is 4.74 Å². The number of esters is 1. The molecule has 0 saturated carbocycles. The van der Waals surface area contributed by atoms with Crippen molar-refractivity contribution in [2.75, 3.05) is 0 Å². The van der Waals surface area contributed by atoms with Crippen molar-refractivity contribution in [2.45, 2.75) is 20.0 Å². The normalized spacial score (nSPS) is 9.15. The number of carbonyl (C=O) groups excluding carboxylic acids is 1. The number of aromatic nitrogens is 1. The Hall–Kier alpha value is -1.42. The van der Waals surface area contributed by atoms with Crippen molar-refractivity contribution in [2.24, 2.45) is 0 Å². The summed E-state index contributed by atoms with van der Waals surface area (Å²) >= 11 is 0. The Bertz CT molecular complexity index is 260. The van der Waals surface area contributed by atoms with Crippen LogP contribution in [0.3, 0.4) is 0 Å². The molecule has 0 aliphatic heterocycles. The lowest BCUT2D eigenvalue weighted by Gasteiger charge is -2.06. The number of pyridine rings is 1. The molecule has 0 saturated heterocycles. The highest BCUT2D eigenvalue weighted by Gasteiger charge is 2.07. The summed E-state index contributed by atoms with van der Waals surface area (Å²) in [4.78, 5) is 15.0. The summed E-state index contributed by atoms with van der Waals surface area (Å²) in [6, 6.07) is 3.38. The van der Waals surface area contributed by atoms with E-state index in [0.717, 1.165) is 0 Å². The summed E-state index contributed by atoms with van der Waals surface area (Å²) < 4.78 is 4.96. The Morgan fingerprint density at radius 2 is 2.23 bits per heavy atom. The highest BCUT2D eigenvalue weighted by Crippen LogP contribution is 2.00. The van der Waals surface area contributed by atoms with Gasteiger partial charge in [-0.3, -0.25) is 4.98 Å². The minimum absolute atomic E-state index is 0. The third kappa shape index (κ3) is 3.66. The number of ether oxygens (including phenoxy) is 1. The molecular formula is C9H14N2O2. The third-order valence-electron chi connectivity index (χ3n) is 1.24. The third-order valence-corrected chi connectivity index (χ3v) is 1.24. The molecule has 0 radical (unpaired) electrons. The number of hydrogen-bond acceptors (Lipinski definition) is 4. The molecule has 72 valence electrons. The standard InChI is InChI=1S/C9H11NO2.H3N/c1-7(2)12-9(11)8-4-3-5-10-6-8;/h3-7H,1-2H3;1H3. The predicted octanol–water partition coefficient (Wildman–Crippen LogP) is 1.81. The van der Waals surface area contributed by atoms with Crippen LogP contribution in [0.4, 0.5) is 0 Å². The van der Waals surface area contributed by atoms with Crippen molar-refractivity contribution in [1.29, 1.82) is 0 Å². The van der Waals surface area contributed by atoms with E-state index in [9.17, 15) is 4.79 Å². The van der Waals surface area contributed by atoms with Gasteiger partial charge in [0.2, 0.25) is 0 Å². The molecule has 1 aromatic heterocycles. The second-order valence-corrected chi connectivity index (χ2v) is 2.70. The van der Waals surface area contributed by atoms with E-state index in [1.807, 2.05) is 13.8 Å². The van der Waals surface area contributed by atoms with Gasteiger partial charge in [-0.15, -0.1) is 0 Å². The minimum atomic E-state index is -0.321. The molecule has 1 rings (SSSR count). The highest BCUT2D eigenvalue weighted by molar-refractivity contribution is 5.88. The number of carbonyl (C=O) groups is 1. The average molecular weight is 182 g/mol. The van der Waals surface area contributed by atoms with Crippen LogP contribution >= 0.6 is 0 Å². The van der Waals surface area contributed by atoms with Crippen LogP contribution < -0.4 is 6.15 Å². The number of hydrogen-bond donors (Lipinski definition) is 1. The molecular weight excluding hydrogens is 168 g/mol. The number of nitrogens with zero attached hydrogens (tertiary/aromatic N) is 1. The molecule has 0 bridgehead atoms. The molecule has 4 heteroatoms. The monoisotopic (exact) mass is 182 g/mol. The molecule has 0 fully saturated rings. The van der Waals surface area contributed by atoms with Crippen molar-refractivity contribution < 1.29 is 9.53 Å². The van der Waals surface area contributed by atoms with E-state index in [1.165, 1.54) is 6.20 Å². The fourth-order valence-corrected chi connectivity index (χ4v) is 0.766. The summed E-state index contributed by atoms with van der Waals surface area (Å²) in [6.07, 6.45) is 3.02. The van der Waals surface area contributed by atoms with Gasteiger partial charge in [0.25, 0.3) is 0 Å². The summed E-state index contributed by atoms with van der Waals surface area (Å²) in [5.74, 6) is -0.321. The minimum Gasteiger partial charge on any atom is -0.459 e. The van der Waals surface area contributed by atoms with E-state index >= 15 is 0 Å². The molecule has 0 spiro atoms. The van der Waals surface area contributed by atoms with Gasteiger partial charge in [-0.1, -0.05) is 0 Å². The second-order valence-electron chi connectivity index (χ2n) is 2.70. The van der Waals surface area contributed by atoms with Gasteiger partial charge in [0.15, 0.2) is 0 Å². The van der Waals surface area contributed by atoms with Crippen LogP contribution in [0.5, 0.6) is 0 Å². The summed E-state index contributed by atoms with van der Waals surface area (Å²) in [6.45, 7) is 3.63. The first-order valence-corrected chi connectivity index (χ1v) is 3.81. The highest BCUT2D eigenvalue weighted by atomic mass is 16.5. The van der Waals surface area contributed by atoms with E-state index in [2.05, 4.69) is 4.98 Å². The Morgan fingerprint density at radius 1 is 1.54 bits per heavy atom. The quantitative estimate of drug-likeness (QED) is 0.708. The molecule has 3 N–H and O–H groups in total. The van der Waals surface area contributed by atoms with Gasteiger partial charge in [0, 0.05) is 12.4 Å². The molecule has 0 amide bonds. The van der Waals surface area contributed by atoms with Crippen molar-refractivity contribution in [3.05, 3.63) is 30.1 Å². The maximum atomic E-state index is 11.2. The molecule has 4 nitrogen and oxygen atoms in total. The fraction of sp³-hybridized carbons (Fsp3) is 0.333. The van der Waals surface area contributed by atoms with Crippen LogP contribution in [0, 0.1) is 0 Å². The van der Waals surface area contributed by atoms with E-state index in [1.54, 1.807) is 18.3 Å². The molecule has 13 heavy (non-hydrogen) atoms. The smallest absolute Gasteiger partial charge is 0.339 e. The first-order valence-electron chi connectivity index (χ1n) is 3.81. The average Bonchev–Trinajstić information content (AvgIpc) is 2.05. The molecule has 0 atom stereocenters. The second kappa shape index (κ2) is 5.27. The van der Waals surface area contributed by atoms with Crippen LogP contribution in [0.15, 0.2) is 24.5 Å². The molecule has 0 unspecified atom stereocenters. The van der Waals surface area contributed by atoms with E-state index in [0.29, 0.717) is 5.56 Å². The van der Waals surface area contributed by atoms with E-state index in [4.69, 9.17) is 4.74 Å². The largest absolute Gasteiger partial charge is 0.459 e. The Balaban J connectivity index is 0.00000144. The Morgan fingerprint density at radius 3 is 2.69 bits per heavy atom. The molecule has 1 aromatic rings. The van der Waals surface area contributed by atoms with Crippen molar-refractivity contribution in [1.82, 2.24) is 11.1 Å². The van der Waals surface area contributed by atoms with Crippen molar-refractivity contribution >= 4 is 5.97 Å². The van der Waals surface area contributed by atoms with E-state index < -0.39 is 0 Å². The van der Waals surface area contributed by atoms with Crippen molar-refractivity contribution in [3.8, 4) is 0 Å². The fourth-order valence-electron chi connectivity index (χ4n) is 0.766. The van der Waals surface area contributed by atoms with Gasteiger partial charge in [-0.25, -0.2) is 4.79 Å². The molecule has 0 aromatic carbocycles. The summed E-state index contributed by atoms with van der Waals surface area (Å²) in [7, 11) is 0. The zero-order chi connectivity index (χ0) is 8.97. The number of rotatable bonds is 2. The van der Waals surface area contributed by atoms with Gasteiger partial charge in [0.05, 0.1) is 11.7 Å². The van der Waals surface area contributed by atoms with Gasteiger partial charge in [-0.05, 0) is 26.0 Å². The topological polar surface area (TPSA) is 74.2 Å².